The summed E-state index contributed by atoms with van der Waals surface area (Å²) in [7, 11) is 1.93. The number of hydrogen-bond acceptors (Lipinski definition) is 2. The first kappa shape index (κ1) is 8.05. The highest BCUT2D eigenvalue weighted by molar-refractivity contribution is 5.87. The van der Waals surface area contributed by atoms with Crippen LogP contribution in [0.15, 0.2) is 30.5 Å². The van der Waals surface area contributed by atoms with E-state index in [2.05, 4.69) is 28.5 Å². The summed E-state index contributed by atoms with van der Waals surface area (Å²) in [4.78, 5) is 4.24. The second kappa shape index (κ2) is 3.05. The van der Waals surface area contributed by atoms with E-state index in [1.165, 1.54) is 10.8 Å². The second-order valence-corrected chi connectivity index (χ2v) is 3.08. The number of aromatic nitrogens is 1. The van der Waals surface area contributed by atoms with Crippen LogP contribution in [0.4, 0.5) is 5.69 Å². The Morgan fingerprint density at radius 3 is 2.85 bits per heavy atom. The predicted molar refractivity (Wildman–Crippen MR) is 56.0 cm³/mol. The summed E-state index contributed by atoms with van der Waals surface area (Å²) in [6, 6.07) is 8.33. The lowest BCUT2D eigenvalue weighted by molar-refractivity contribution is 1.24. The molecule has 0 unspecified atom stereocenters. The van der Waals surface area contributed by atoms with Crippen LogP contribution in [0.2, 0.25) is 0 Å². The molecule has 1 aromatic carbocycles. The van der Waals surface area contributed by atoms with Crippen molar-refractivity contribution in [2.24, 2.45) is 0 Å². The lowest BCUT2D eigenvalue weighted by Gasteiger charge is -2.03. The highest BCUT2D eigenvalue weighted by Gasteiger charge is 1.97. The summed E-state index contributed by atoms with van der Waals surface area (Å²) in [6.45, 7) is 2.03. The topological polar surface area (TPSA) is 24.9 Å². The van der Waals surface area contributed by atoms with Gasteiger partial charge in [0.1, 0.15) is 0 Å². The van der Waals surface area contributed by atoms with Gasteiger partial charge >= 0.3 is 0 Å². The van der Waals surface area contributed by atoms with Crippen molar-refractivity contribution in [2.75, 3.05) is 12.4 Å². The molecule has 0 spiro atoms. The van der Waals surface area contributed by atoms with E-state index < -0.39 is 0 Å². The van der Waals surface area contributed by atoms with Crippen LogP contribution in [0.3, 0.4) is 0 Å². The summed E-state index contributed by atoms with van der Waals surface area (Å²) in [5, 5.41) is 5.58. The molecule has 1 heterocycles. The van der Waals surface area contributed by atoms with E-state index in [1.807, 2.05) is 26.2 Å². The predicted octanol–water partition coefficient (Wildman–Crippen LogP) is 2.58. The number of hydrogen-bond donors (Lipinski definition) is 1. The van der Waals surface area contributed by atoms with Crippen LogP contribution < -0.4 is 5.32 Å². The standard InChI is InChI=1S/C11H12N2/c1-8-11-4-3-10(12-2)7-9(11)5-6-13-8/h3-7,12H,1-2H3. The smallest absolute Gasteiger partial charge is 0.0450 e. The summed E-state index contributed by atoms with van der Waals surface area (Å²) >= 11 is 0. The van der Waals surface area contributed by atoms with Crippen LogP contribution in [-0.4, -0.2) is 12.0 Å². The summed E-state index contributed by atoms with van der Waals surface area (Å²) in [5.41, 5.74) is 2.22. The molecule has 0 saturated carbocycles. The second-order valence-electron chi connectivity index (χ2n) is 3.08. The maximum Gasteiger partial charge on any atom is 0.0450 e. The molecule has 2 nitrogen and oxygen atoms in total. The molecule has 66 valence electrons. The number of fused-ring (bicyclic) bond motifs is 1. The summed E-state index contributed by atoms with van der Waals surface area (Å²) < 4.78 is 0. The number of pyridine rings is 1. The largest absolute Gasteiger partial charge is 0.388 e. The third-order valence-electron chi connectivity index (χ3n) is 2.25. The molecule has 0 aliphatic carbocycles. The quantitative estimate of drug-likeness (QED) is 0.715. The van der Waals surface area contributed by atoms with E-state index in [4.69, 9.17) is 0 Å². The molecule has 0 aliphatic rings. The Morgan fingerprint density at radius 1 is 1.23 bits per heavy atom. The first-order chi connectivity index (χ1) is 6.31. The van der Waals surface area contributed by atoms with Gasteiger partial charge in [-0.1, -0.05) is 6.07 Å². The number of nitrogens with zero attached hydrogens (tertiary/aromatic N) is 1. The van der Waals surface area contributed by atoms with Crippen molar-refractivity contribution in [3.8, 4) is 0 Å². The zero-order valence-electron chi connectivity index (χ0n) is 7.83. The summed E-state index contributed by atoms with van der Waals surface area (Å²) in [6.07, 6.45) is 1.84. The highest BCUT2D eigenvalue weighted by Crippen LogP contribution is 2.20. The van der Waals surface area contributed by atoms with Crippen molar-refractivity contribution in [3.05, 3.63) is 36.2 Å². The van der Waals surface area contributed by atoms with Crippen molar-refractivity contribution in [2.45, 2.75) is 6.92 Å². The molecule has 0 amide bonds. The minimum absolute atomic E-state index is 1.08. The fourth-order valence-corrected chi connectivity index (χ4v) is 1.48. The van der Waals surface area contributed by atoms with Gasteiger partial charge in [-0.05, 0) is 30.5 Å². The van der Waals surface area contributed by atoms with Crippen LogP contribution in [0.5, 0.6) is 0 Å². The molecule has 2 aromatic rings. The molecule has 1 N–H and O–H groups in total. The van der Waals surface area contributed by atoms with Crippen LogP contribution in [0.25, 0.3) is 10.8 Å². The average molecular weight is 172 g/mol. The Hall–Kier alpha value is -1.57. The van der Waals surface area contributed by atoms with Crippen molar-refractivity contribution in [1.82, 2.24) is 4.98 Å². The first-order valence-corrected chi connectivity index (χ1v) is 4.34. The number of anilines is 1. The lowest BCUT2D eigenvalue weighted by atomic mass is 10.1. The van der Waals surface area contributed by atoms with E-state index in [9.17, 15) is 0 Å². The van der Waals surface area contributed by atoms with E-state index in [1.54, 1.807) is 0 Å². The van der Waals surface area contributed by atoms with Gasteiger partial charge in [-0.2, -0.15) is 0 Å². The van der Waals surface area contributed by atoms with Gasteiger partial charge in [0.25, 0.3) is 0 Å². The molecule has 0 saturated heterocycles. The van der Waals surface area contributed by atoms with Crippen molar-refractivity contribution < 1.29 is 0 Å². The number of benzene rings is 1. The molecular formula is C11H12N2. The van der Waals surface area contributed by atoms with Crippen LogP contribution in [0, 0.1) is 6.92 Å². The van der Waals surface area contributed by atoms with Crippen LogP contribution in [0.1, 0.15) is 5.69 Å². The average Bonchev–Trinajstić information content (AvgIpc) is 2.18. The molecule has 0 atom stereocenters. The molecule has 2 rings (SSSR count). The fraction of sp³-hybridized carbons (Fsp3) is 0.182. The number of rotatable bonds is 1. The molecule has 2 heteroatoms. The van der Waals surface area contributed by atoms with Gasteiger partial charge in [-0.15, -0.1) is 0 Å². The summed E-state index contributed by atoms with van der Waals surface area (Å²) in [5.74, 6) is 0. The molecule has 0 fully saturated rings. The monoisotopic (exact) mass is 172 g/mol. The molecular weight excluding hydrogens is 160 g/mol. The Bertz CT molecular complexity index is 435. The highest BCUT2D eigenvalue weighted by atomic mass is 14.8. The molecule has 13 heavy (non-hydrogen) atoms. The molecule has 1 aromatic heterocycles. The number of nitrogens with one attached hydrogen (secondary N) is 1. The van der Waals surface area contributed by atoms with Gasteiger partial charge in [0.2, 0.25) is 0 Å². The maximum absolute atomic E-state index is 4.24. The zero-order chi connectivity index (χ0) is 9.26. The zero-order valence-corrected chi connectivity index (χ0v) is 7.83. The molecule has 0 aliphatic heterocycles. The Kier molecular flexibility index (Phi) is 1.89. The van der Waals surface area contributed by atoms with Crippen LogP contribution in [-0.2, 0) is 0 Å². The van der Waals surface area contributed by atoms with E-state index in [0.29, 0.717) is 0 Å². The van der Waals surface area contributed by atoms with Gasteiger partial charge in [0, 0.05) is 30.0 Å². The minimum Gasteiger partial charge on any atom is -0.388 e. The van der Waals surface area contributed by atoms with Gasteiger partial charge < -0.3 is 5.32 Å². The van der Waals surface area contributed by atoms with E-state index in [0.717, 1.165) is 11.4 Å². The van der Waals surface area contributed by atoms with Crippen molar-refractivity contribution in [1.29, 1.82) is 0 Å². The fourth-order valence-electron chi connectivity index (χ4n) is 1.48. The normalized spacial score (nSPS) is 10.3. The first-order valence-electron chi connectivity index (χ1n) is 4.34. The third kappa shape index (κ3) is 1.35. The van der Waals surface area contributed by atoms with Gasteiger partial charge in [-0.25, -0.2) is 0 Å². The Morgan fingerprint density at radius 2 is 2.08 bits per heavy atom. The van der Waals surface area contributed by atoms with E-state index >= 15 is 0 Å². The van der Waals surface area contributed by atoms with Gasteiger partial charge in [0.05, 0.1) is 0 Å². The Labute approximate surface area is 77.6 Å². The molecule has 0 radical (unpaired) electrons. The van der Waals surface area contributed by atoms with Crippen molar-refractivity contribution >= 4 is 16.5 Å². The number of aryl methyl sites for hydroxylation is 1. The van der Waals surface area contributed by atoms with Gasteiger partial charge in [-0.3, -0.25) is 4.98 Å². The SMILES string of the molecule is CNc1ccc2c(C)nccc2c1. The Balaban J connectivity index is 2.72. The maximum atomic E-state index is 4.24. The van der Waals surface area contributed by atoms with E-state index in [-0.39, 0.29) is 0 Å². The van der Waals surface area contributed by atoms with Crippen molar-refractivity contribution in [3.63, 3.8) is 0 Å². The third-order valence-corrected chi connectivity index (χ3v) is 2.25. The molecule has 0 bridgehead atoms. The van der Waals surface area contributed by atoms with Gasteiger partial charge in [0.15, 0.2) is 0 Å². The minimum atomic E-state index is 1.08. The van der Waals surface area contributed by atoms with Crippen LogP contribution >= 0.6 is 0 Å². The lowest BCUT2D eigenvalue weighted by Crippen LogP contribution is -1.88.